The zero-order valence-corrected chi connectivity index (χ0v) is 18.7. The molecule has 3 N–H and O–H groups in total. The number of nitrogens with one attached hydrogen (secondary N) is 2. The van der Waals surface area contributed by atoms with Crippen LogP contribution in [-0.4, -0.2) is 58.6 Å². The SMILES string of the molecule is COCc1nc(N2CC[C@@H](NC(=O)c3[nH]c(C)c(Cl)c3Cl)[C@@H](Cl)C2)sc1C(=O)O. The van der Waals surface area contributed by atoms with Gasteiger partial charge in [-0.15, -0.1) is 11.6 Å². The number of ether oxygens (including phenoxy) is 1. The smallest absolute Gasteiger partial charge is 0.347 e. The fourth-order valence-electron chi connectivity index (χ4n) is 3.09. The van der Waals surface area contributed by atoms with Crippen molar-refractivity contribution in [1.29, 1.82) is 0 Å². The number of thiazole rings is 1. The number of halogens is 3. The molecule has 3 rings (SSSR count). The van der Waals surface area contributed by atoms with Crippen molar-refractivity contribution in [3.8, 4) is 0 Å². The first kappa shape index (κ1) is 22.2. The standard InChI is InChI=1S/C17H19Cl3N4O4S/c1-7-11(19)12(20)13(21-7)15(25)22-9-3-4-24(5-8(9)18)17-23-10(6-28-2)14(29-17)16(26)27/h8-9,21H,3-6H2,1-2H3,(H,22,25)(H,26,27)/t8-,9+/m0/s1. The molecule has 0 spiro atoms. The molecule has 1 amide bonds. The van der Waals surface area contributed by atoms with Crippen molar-refractivity contribution in [3.63, 3.8) is 0 Å². The number of carbonyl (C=O) groups is 2. The van der Waals surface area contributed by atoms with E-state index in [2.05, 4.69) is 15.3 Å². The molecule has 0 saturated carbocycles. The summed E-state index contributed by atoms with van der Waals surface area (Å²) in [6, 6.07) is -0.281. The lowest BCUT2D eigenvalue weighted by Gasteiger charge is -2.35. The highest BCUT2D eigenvalue weighted by atomic mass is 35.5. The fourth-order valence-corrected chi connectivity index (χ4v) is 4.80. The van der Waals surface area contributed by atoms with Crippen molar-refractivity contribution < 1.29 is 19.4 Å². The highest BCUT2D eigenvalue weighted by Gasteiger charge is 2.32. The Bertz CT molecular complexity index is 932. The topological polar surface area (TPSA) is 108 Å². The second-order valence-corrected chi connectivity index (χ2v) is 8.89. The number of piperidine rings is 1. The molecule has 0 aromatic carbocycles. The first-order valence-corrected chi connectivity index (χ1v) is 10.7. The number of anilines is 1. The summed E-state index contributed by atoms with van der Waals surface area (Å²) in [7, 11) is 1.48. The summed E-state index contributed by atoms with van der Waals surface area (Å²) in [4.78, 5) is 33.3. The maximum atomic E-state index is 12.5. The molecule has 1 aliphatic heterocycles. The van der Waals surface area contributed by atoms with Crippen LogP contribution in [0.5, 0.6) is 0 Å². The van der Waals surface area contributed by atoms with E-state index in [0.717, 1.165) is 11.3 Å². The van der Waals surface area contributed by atoms with Crippen LogP contribution in [0, 0.1) is 6.92 Å². The lowest BCUT2D eigenvalue weighted by Crippen LogP contribution is -2.52. The molecule has 12 heteroatoms. The van der Waals surface area contributed by atoms with Crippen molar-refractivity contribution in [1.82, 2.24) is 15.3 Å². The van der Waals surface area contributed by atoms with Gasteiger partial charge in [0.1, 0.15) is 10.6 Å². The van der Waals surface area contributed by atoms with Crippen LogP contribution in [0.4, 0.5) is 5.13 Å². The molecule has 0 unspecified atom stereocenters. The number of aromatic nitrogens is 2. The molecular formula is C17H19Cl3N4O4S. The van der Waals surface area contributed by atoms with Crippen LogP contribution in [0.25, 0.3) is 0 Å². The first-order chi connectivity index (χ1) is 13.7. The van der Waals surface area contributed by atoms with Crippen LogP contribution < -0.4 is 10.2 Å². The highest BCUT2D eigenvalue weighted by molar-refractivity contribution is 7.17. The van der Waals surface area contributed by atoms with Crippen LogP contribution in [0.1, 0.15) is 38.0 Å². The van der Waals surface area contributed by atoms with E-state index < -0.39 is 11.3 Å². The van der Waals surface area contributed by atoms with Gasteiger partial charge >= 0.3 is 5.97 Å². The lowest BCUT2D eigenvalue weighted by atomic mass is 10.0. The average molecular weight is 482 g/mol. The number of hydrogen-bond acceptors (Lipinski definition) is 6. The van der Waals surface area contributed by atoms with E-state index in [1.165, 1.54) is 7.11 Å². The van der Waals surface area contributed by atoms with Gasteiger partial charge in [0, 0.05) is 31.9 Å². The number of rotatable bonds is 6. The van der Waals surface area contributed by atoms with Crippen LogP contribution >= 0.6 is 46.1 Å². The number of carboxylic acids is 1. The first-order valence-electron chi connectivity index (χ1n) is 8.68. The van der Waals surface area contributed by atoms with Gasteiger partial charge in [-0.2, -0.15) is 0 Å². The Labute approximate surface area is 186 Å². The predicted octanol–water partition coefficient (Wildman–Crippen LogP) is 3.55. The molecule has 1 fully saturated rings. The normalized spacial score (nSPS) is 19.4. The zero-order chi connectivity index (χ0) is 21.3. The van der Waals surface area contributed by atoms with Crippen molar-refractivity contribution >= 4 is 63.1 Å². The number of alkyl halides is 1. The van der Waals surface area contributed by atoms with Gasteiger partial charge in [0.15, 0.2) is 5.13 Å². The minimum absolute atomic E-state index is 0.119. The number of carbonyl (C=O) groups excluding carboxylic acids is 1. The molecule has 1 aliphatic rings. The quantitative estimate of drug-likeness (QED) is 0.545. The van der Waals surface area contributed by atoms with E-state index in [9.17, 15) is 14.7 Å². The molecule has 0 bridgehead atoms. The predicted molar refractivity (Wildman–Crippen MR) is 113 cm³/mol. The Morgan fingerprint density at radius 3 is 2.69 bits per heavy atom. The number of aromatic carboxylic acids is 1. The maximum Gasteiger partial charge on any atom is 0.347 e. The van der Waals surface area contributed by atoms with Crippen molar-refractivity contribution in [2.24, 2.45) is 0 Å². The molecule has 3 heterocycles. The molecule has 2 atom stereocenters. The maximum absolute atomic E-state index is 12.5. The third kappa shape index (κ3) is 4.64. The Morgan fingerprint density at radius 2 is 2.14 bits per heavy atom. The monoisotopic (exact) mass is 480 g/mol. The fraction of sp³-hybridized carbons (Fsp3) is 0.471. The Kier molecular flexibility index (Phi) is 6.95. The summed E-state index contributed by atoms with van der Waals surface area (Å²) in [6.07, 6.45) is 0.562. The van der Waals surface area contributed by atoms with Gasteiger partial charge < -0.3 is 25.0 Å². The van der Waals surface area contributed by atoms with Crippen molar-refractivity contribution in [3.05, 3.63) is 32.0 Å². The average Bonchev–Trinajstić information content (AvgIpc) is 3.20. The molecule has 8 nitrogen and oxygen atoms in total. The van der Waals surface area contributed by atoms with E-state index in [0.29, 0.717) is 41.1 Å². The molecule has 2 aromatic rings. The van der Waals surface area contributed by atoms with Gasteiger partial charge in [-0.3, -0.25) is 4.79 Å². The van der Waals surface area contributed by atoms with E-state index in [-0.39, 0.29) is 34.1 Å². The number of nitrogens with zero attached hydrogens (tertiary/aromatic N) is 2. The van der Waals surface area contributed by atoms with Gasteiger partial charge in [-0.05, 0) is 13.3 Å². The molecular weight excluding hydrogens is 463 g/mol. The number of hydrogen-bond donors (Lipinski definition) is 3. The molecule has 1 saturated heterocycles. The summed E-state index contributed by atoms with van der Waals surface area (Å²) < 4.78 is 5.03. The lowest BCUT2D eigenvalue weighted by molar-refractivity contribution is 0.0696. The summed E-state index contributed by atoms with van der Waals surface area (Å²) >= 11 is 19.7. The Hall–Kier alpha value is -1.52. The third-order valence-electron chi connectivity index (χ3n) is 4.57. The van der Waals surface area contributed by atoms with Gasteiger partial charge in [-0.25, -0.2) is 9.78 Å². The molecule has 2 aromatic heterocycles. The van der Waals surface area contributed by atoms with Crippen molar-refractivity contribution in [2.75, 3.05) is 25.1 Å². The number of aryl methyl sites for hydroxylation is 1. The van der Waals surface area contributed by atoms with E-state index >= 15 is 0 Å². The van der Waals surface area contributed by atoms with Crippen LogP contribution in [0.2, 0.25) is 10.0 Å². The highest BCUT2D eigenvalue weighted by Crippen LogP contribution is 2.31. The summed E-state index contributed by atoms with van der Waals surface area (Å²) in [6.45, 7) is 2.81. The van der Waals surface area contributed by atoms with E-state index in [1.807, 2.05) is 4.90 Å². The number of aromatic amines is 1. The van der Waals surface area contributed by atoms with Crippen LogP contribution in [0.15, 0.2) is 0 Å². The summed E-state index contributed by atoms with van der Waals surface area (Å²) in [5.41, 5.74) is 1.20. The van der Waals surface area contributed by atoms with Crippen molar-refractivity contribution in [2.45, 2.75) is 31.4 Å². The summed E-state index contributed by atoms with van der Waals surface area (Å²) in [5.74, 6) is -1.42. The zero-order valence-electron chi connectivity index (χ0n) is 15.6. The number of methoxy groups -OCH3 is 1. The van der Waals surface area contributed by atoms with Gasteiger partial charge in [0.25, 0.3) is 5.91 Å². The van der Waals surface area contributed by atoms with E-state index in [1.54, 1.807) is 6.92 Å². The molecule has 0 radical (unpaired) electrons. The minimum Gasteiger partial charge on any atom is -0.477 e. The van der Waals surface area contributed by atoms with Crippen LogP contribution in [0.3, 0.4) is 0 Å². The Balaban J connectivity index is 1.68. The second kappa shape index (κ2) is 9.09. The number of H-pyrrole nitrogens is 1. The van der Waals surface area contributed by atoms with Crippen LogP contribution in [-0.2, 0) is 11.3 Å². The largest absolute Gasteiger partial charge is 0.477 e. The van der Waals surface area contributed by atoms with Gasteiger partial charge in [0.05, 0.1) is 27.7 Å². The van der Waals surface area contributed by atoms with Gasteiger partial charge in [0.2, 0.25) is 0 Å². The summed E-state index contributed by atoms with van der Waals surface area (Å²) in [5, 5.41) is 12.9. The van der Waals surface area contributed by atoms with E-state index in [4.69, 9.17) is 39.5 Å². The number of carboxylic acid groups (broad SMARTS) is 1. The molecule has 29 heavy (non-hydrogen) atoms. The number of amides is 1. The minimum atomic E-state index is -1.04. The third-order valence-corrected chi connectivity index (χ3v) is 7.11. The molecule has 0 aliphatic carbocycles. The molecule has 158 valence electrons. The Morgan fingerprint density at radius 1 is 1.41 bits per heavy atom. The second-order valence-electron chi connectivity index (χ2n) is 6.59. The van der Waals surface area contributed by atoms with Gasteiger partial charge in [-0.1, -0.05) is 34.5 Å².